The summed E-state index contributed by atoms with van der Waals surface area (Å²) in [5.41, 5.74) is 0.697. The molecule has 3 aromatic rings. The van der Waals surface area contributed by atoms with Crippen molar-refractivity contribution in [3.8, 4) is 0 Å². The molecular formula is C20H14F3N3OS2. The highest BCUT2D eigenvalue weighted by molar-refractivity contribution is 8.00. The van der Waals surface area contributed by atoms with Crippen molar-refractivity contribution in [1.82, 2.24) is 9.97 Å². The fourth-order valence-corrected chi connectivity index (χ4v) is 4.73. The number of halogens is 3. The Morgan fingerprint density at radius 2 is 1.62 bits per heavy atom. The summed E-state index contributed by atoms with van der Waals surface area (Å²) in [5.74, 6) is -0.345. The van der Waals surface area contributed by atoms with Gasteiger partial charge in [0.1, 0.15) is 5.69 Å². The van der Waals surface area contributed by atoms with Crippen LogP contribution in [0.25, 0.3) is 0 Å². The summed E-state index contributed by atoms with van der Waals surface area (Å²) in [6.07, 6.45) is -4.56. The fraction of sp³-hybridized carbons (Fsp3) is 0.150. The third-order valence-corrected chi connectivity index (χ3v) is 6.09. The molecule has 0 fully saturated rings. The Bertz CT molecular complexity index is 1040. The van der Waals surface area contributed by atoms with Gasteiger partial charge in [0.25, 0.3) is 0 Å². The van der Waals surface area contributed by atoms with E-state index in [9.17, 15) is 18.0 Å². The number of anilines is 2. The Balaban J connectivity index is 1.61. The first-order valence-corrected chi connectivity index (χ1v) is 10.4. The van der Waals surface area contributed by atoms with Crippen LogP contribution in [0.1, 0.15) is 11.4 Å². The zero-order valence-electron chi connectivity index (χ0n) is 15.1. The molecule has 0 aliphatic carbocycles. The molecule has 4 nitrogen and oxygen atoms in total. The number of rotatable bonds is 3. The molecule has 0 saturated heterocycles. The number of nitrogens with zero attached hydrogens (tertiary/aromatic N) is 3. The van der Waals surface area contributed by atoms with Crippen molar-refractivity contribution in [2.45, 2.75) is 28.0 Å². The molecule has 0 spiro atoms. The molecule has 2 aromatic carbocycles. The third kappa shape index (κ3) is 4.11. The second kappa shape index (κ2) is 7.72. The number of amides is 1. The second-order valence-electron chi connectivity index (χ2n) is 6.23. The number of thioether (sulfide) groups is 1. The van der Waals surface area contributed by atoms with Gasteiger partial charge in [0.15, 0.2) is 5.16 Å². The maximum atomic E-state index is 13.1. The van der Waals surface area contributed by atoms with Gasteiger partial charge in [-0.3, -0.25) is 9.69 Å². The highest BCUT2D eigenvalue weighted by Gasteiger charge is 2.34. The maximum Gasteiger partial charge on any atom is 0.433 e. The van der Waals surface area contributed by atoms with Gasteiger partial charge < -0.3 is 0 Å². The van der Waals surface area contributed by atoms with E-state index >= 15 is 0 Å². The molecule has 29 heavy (non-hydrogen) atoms. The van der Waals surface area contributed by atoms with Crippen molar-refractivity contribution in [2.75, 3.05) is 10.7 Å². The van der Waals surface area contributed by atoms with Crippen LogP contribution in [0.2, 0.25) is 0 Å². The van der Waals surface area contributed by atoms with Gasteiger partial charge in [0.2, 0.25) is 5.91 Å². The smallest absolute Gasteiger partial charge is 0.278 e. The third-order valence-electron chi connectivity index (χ3n) is 4.13. The topological polar surface area (TPSA) is 46.1 Å². The first-order valence-electron chi connectivity index (χ1n) is 8.57. The van der Waals surface area contributed by atoms with Crippen LogP contribution in [0, 0.1) is 6.92 Å². The predicted octanol–water partition coefficient (Wildman–Crippen LogP) is 5.73. The molecule has 0 radical (unpaired) electrons. The molecule has 0 unspecified atom stereocenters. The van der Waals surface area contributed by atoms with E-state index in [1.165, 1.54) is 6.92 Å². The average Bonchev–Trinajstić information content (AvgIpc) is 2.69. The molecule has 0 atom stereocenters. The van der Waals surface area contributed by atoms with E-state index in [1.54, 1.807) is 16.7 Å². The SMILES string of the molecule is Cc1cc(C(F)(F)F)nc(SCC(=O)N2c3ccccc3Sc3ccccc32)n1. The summed E-state index contributed by atoms with van der Waals surface area (Å²) in [4.78, 5) is 24.2. The number of alkyl halides is 3. The second-order valence-corrected chi connectivity index (χ2v) is 8.26. The molecule has 9 heteroatoms. The Hall–Kier alpha value is -2.52. The van der Waals surface area contributed by atoms with Gasteiger partial charge in [-0.2, -0.15) is 13.2 Å². The lowest BCUT2D eigenvalue weighted by Crippen LogP contribution is -2.30. The number of aryl methyl sites for hydroxylation is 1. The Kier molecular flexibility index (Phi) is 5.26. The molecule has 1 amide bonds. The van der Waals surface area contributed by atoms with E-state index in [4.69, 9.17) is 0 Å². The minimum absolute atomic E-state index is 0.0707. The first-order chi connectivity index (χ1) is 13.8. The van der Waals surface area contributed by atoms with Crippen molar-refractivity contribution in [1.29, 1.82) is 0 Å². The number of benzene rings is 2. The summed E-state index contributed by atoms with van der Waals surface area (Å²) >= 11 is 2.47. The van der Waals surface area contributed by atoms with Crippen LogP contribution in [0.3, 0.4) is 0 Å². The van der Waals surface area contributed by atoms with Gasteiger partial charge in [-0.05, 0) is 37.3 Å². The summed E-state index contributed by atoms with van der Waals surface area (Å²) < 4.78 is 39.0. The van der Waals surface area contributed by atoms with Crippen molar-refractivity contribution in [3.05, 3.63) is 66.0 Å². The van der Waals surface area contributed by atoms with E-state index in [1.807, 2.05) is 48.5 Å². The van der Waals surface area contributed by atoms with Crippen LogP contribution in [0.15, 0.2) is 69.5 Å². The summed E-state index contributed by atoms with van der Waals surface area (Å²) in [6, 6.07) is 16.0. The molecule has 0 saturated carbocycles. The minimum atomic E-state index is -4.56. The van der Waals surface area contributed by atoms with E-state index in [0.717, 1.165) is 39.0 Å². The van der Waals surface area contributed by atoms with Crippen LogP contribution in [0.4, 0.5) is 24.5 Å². The van der Waals surface area contributed by atoms with Crippen LogP contribution in [0.5, 0.6) is 0 Å². The van der Waals surface area contributed by atoms with Gasteiger partial charge in [0, 0.05) is 15.5 Å². The number of carbonyl (C=O) groups excluding carboxylic acids is 1. The monoisotopic (exact) mass is 433 g/mol. The van der Waals surface area contributed by atoms with Crippen molar-refractivity contribution >= 4 is 40.8 Å². The standard InChI is InChI=1S/C20H14F3N3OS2/c1-12-10-17(20(21,22)23)25-19(24-12)28-11-18(27)26-13-6-2-4-8-15(13)29-16-9-5-3-7-14(16)26/h2-10H,11H2,1H3. The van der Waals surface area contributed by atoms with Crippen LogP contribution >= 0.6 is 23.5 Å². The summed E-state index contributed by atoms with van der Waals surface area (Å²) in [5, 5.41) is -0.0707. The number of aromatic nitrogens is 2. The number of para-hydroxylation sites is 2. The maximum absolute atomic E-state index is 13.1. The molecule has 1 aliphatic heterocycles. The molecule has 148 valence electrons. The Morgan fingerprint density at radius 3 is 2.21 bits per heavy atom. The number of hydrogen-bond donors (Lipinski definition) is 0. The molecule has 4 rings (SSSR count). The first kappa shape index (κ1) is 19.8. The zero-order chi connectivity index (χ0) is 20.6. The highest BCUT2D eigenvalue weighted by atomic mass is 32.2. The molecule has 0 bridgehead atoms. The predicted molar refractivity (Wildman–Crippen MR) is 107 cm³/mol. The van der Waals surface area contributed by atoms with Crippen molar-refractivity contribution in [3.63, 3.8) is 0 Å². The van der Waals surface area contributed by atoms with Crippen LogP contribution in [-0.4, -0.2) is 21.6 Å². The Morgan fingerprint density at radius 1 is 1.03 bits per heavy atom. The summed E-state index contributed by atoms with van der Waals surface area (Å²) in [6.45, 7) is 1.47. The number of hydrogen-bond acceptors (Lipinski definition) is 5. The lowest BCUT2D eigenvalue weighted by Gasteiger charge is -2.30. The molecule has 1 aliphatic rings. The average molecular weight is 433 g/mol. The largest absolute Gasteiger partial charge is 0.433 e. The molecule has 1 aromatic heterocycles. The van der Waals surface area contributed by atoms with Gasteiger partial charge in [-0.1, -0.05) is 47.8 Å². The fourth-order valence-electron chi connectivity index (χ4n) is 2.92. The van der Waals surface area contributed by atoms with E-state index in [0.29, 0.717) is 0 Å². The quantitative estimate of drug-likeness (QED) is 0.390. The van der Waals surface area contributed by atoms with Crippen LogP contribution in [-0.2, 0) is 11.0 Å². The lowest BCUT2D eigenvalue weighted by atomic mass is 10.2. The summed E-state index contributed by atoms with van der Waals surface area (Å²) in [7, 11) is 0. The van der Waals surface area contributed by atoms with Crippen molar-refractivity contribution < 1.29 is 18.0 Å². The van der Waals surface area contributed by atoms with Crippen LogP contribution < -0.4 is 4.90 Å². The van der Waals surface area contributed by atoms with Crippen molar-refractivity contribution in [2.24, 2.45) is 0 Å². The van der Waals surface area contributed by atoms with Gasteiger partial charge >= 0.3 is 6.18 Å². The Labute approximate surface area is 173 Å². The molecule has 2 heterocycles. The number of fused-ring (bicyclic) bond motifs is 2. The zero-order valence-corrected chi connectivity index (χ0v) is 16.7. The van der Waals surface area contributed by atoms with Gasteiger partial charge in [-0.25, -0.2) is 9.97 Å². The van der Waals surface area contributed by atoms with Gasteiger partial charge in [-0.15, -0.1) is 0 Å². The van der Waals surface area contributed by atoms with E-state index < -0.39 is 11.9 Å². The lowest BCUT2D eigenvalue weighted by molar-refractivity contribution is -0.141. The minimum Gasteiger partial charge on any atom is -0.278 e. The molecule has 0 N–H and O–H groups in total. The normalized spacial score (nSPS) is 13.0. The van der Waals surface area contributed by atoms with Gasteiger partial charge in [0.05, 0.1) is 17.1 Å². The van der Waals surface area contributed by atoms with E-state index in [2.05, 4.69) is 9.97 Å². The number of carbonyl (C=O) groups is 1. The highest BCUT2D eigenvalue weighted by Crippen LogP contribution is 2.48. The van der Waals surface area contributed by atoms with E-state index in [-0.39, 0.29) is 22.5 Å². The molecular weight excluding hydrogens is 419 g/mol.